The van der Waals surface area contributed by atoms with Gasteiger partial charge in [0.2, 0.25) is 5.91 Å². The van der Waals surface area contributed by atoms with Crippen molar-refractivity contribution in [1.82, 2.24) is 9.88 Å². The number of alkyl halides is 1. The first kappa shape index (κ1) is 21.3. The molecular formula is C25H38FN3O2. The van der Waals surface area contributed by atoms with E-state index in [1.54, 1.807) is 6.26 Å². The zero-order valence-electron chi connectivity index (χ0n) is 18.8. The highest BCUT2D eigenvalue weighted by Gasteiger charge is 2.44. The standard InChI is InChI=1S/C25H38FN3O2/c1-15-10-19(6-7-22(15)26)23(18-4-5-18)28-24(30)21-12-16(11-20(13-21)17-2-3-17)14-29-8-9-31-25(29)27/h8-9,15-23,27H,2-7,10-14H2,1H3,(H,28,30)/t15?,16?,19?,20?,21?,22?,23-/m0/s1. The smallest absolute Gasteiger partial charge is 0.293 e. The van der Waals surface area contributed by atoms with Crippen LogP contribution >= 0.6 is 0 Å². The lowest BCUT2D eigenvalue weighted by molar-refractivity contribution is -0.129. The summed E-state index contributed by atoms with van der Waals surface area (Å²) in [4.78, 5) is 13.5. The average molecular weight is 432 g/mol. The van der Waals surface area contributed by atoms with Gasteiger partial charge in [-0.05, 0) is 99.7 Å². The number of hydrogen-bond donors (Lipinski definition) is 2. The van der Waals surface area contributed by atoms with Crippen molar-refractivity contribution in [1.29, 1.82) is 5.41 Å². The molecule has 4 aliphatic carbocycles. The predicted octanol–water partition coefficient (Wildman–Crippen LogP) is 4.67. The Balaban J connectivity index is 1.25. The number of nitrogens with one attached hydrogen (secondary N) is 2. The molecule has 6 heteroatoms. The summed E-state index contributed by atoms with van der Waals surface area (Å²) in [6.07, 6.45) is 13.3. The molecule has 1 aromatic heterocycles. The fourth-order valence-corrected chi connectivity index (χ4v) is 6.61. The minimum atomic E-state index is -0.674. The van der Waals surface area contributed by atoms with E-state index in [1.807, 2.05) is 17.7 Å². The number of hydrogen-bond acceptors (Lipinski definition) is 3. The van der Waals surface area contributed by atoms with Crippen molar-refractivity contribution < 1.29 is 13.6 Å². The van der Waals surface area contributed by atoms with Crippen LogP contribution in [0.15, 0.2) is 16.9 Å². The van der Waals surface area contributed by atoms with E-state index in [9.17, 15) is 9.18 Å². The first-order valence-corrected chi connectivity index (χ1v) is 12.6. The number of carbonyl (C=O) groups excluding carboxylic acids is 1. The summed E-state index contributed by atoms with van der Waals surface area (Å²) < 4.78 is 21.1. The number of carbonyl (C=O) groups is 1. The van der Waals surface area contributed by atoms with Gasteiger partial charge in [0.05, 0.1) is 0 Å². The monoisotopic (exact) mass is 431 g/mol. The number of aromatic nitrogens is 1. The summed E-state index contributed by atoms with van der Waals surface area (Å²) in [5.74, 6) is 3.31. The molecule has 0 radical (unpaired) electrons. The summed E-state index contributed by atoms with van der Waals surface area (Å²) >= 11 is 0. The van der Waals surface area contributed by atoms with E-state index in [1.165, 1.54) is 25.7 Å². The van der Waals surface area contributed by atoms with Gasteiger partial charge in [0.25, 0.3) is 5.68 Å². The Morgan fingerprint density at radius 1 is 1.13 bits per heavy atom. The summed E-state index contributed by atoms with van der Waals surface area (Å²) in [5.41, 5.74) is 0.195. The number of oxazole rings is 1. The third-order valence-corrected chi connectivity index (χ3v) is 8.69. The Kier molecular flexibility index (Phi) is 6.00. The second-order valence-electron chi connectivity index (χ2n) is 11.2. The number of rotatable bonds is 7. The highest BCUT2D eigenvalue weighted by Crippen LogP contribution is 2.48. The van der Waals surface area contributed by atoms with Crippen molar-refractivity contribution >= 4 is 5.91 Å². The first-order valence-electron chi connectivity index (χ1n) is 12.6. The van der Waals surface area contributed by atoms with Gasteiger partial charge in [-0.2, -0.15) is 0 Å². The molecular weight excluding hydrogens is 393 g/mol. The minimum absolute atomic E-state index is 0.0715. The van der Waals surface area contributed by atoms with Crippen LogP contribution in [-0.2, 0) is 11.3 Å². The molecule has 7 atom stereocenters. The highest BCUT2D eigenvalue weighted by molar-refractivity contribution is 5.79. The molecule has 4 aliphatic rings. The van der Waals surface area contributed by atoms with E-state index in [-0.39, 0.29) is 29.5 Å². The second kappa shape index (κ2) is 8.74. The zero-order chi connectivity index (χ0) is 21.5. The molecule has 6 unspecified atom stereocenters. The largest absolute Gasteiger partial charge is 0.432 e. The summed E-state index contributed by atoms with van der Waals surface area (Å²) in [7, 11) is 0. The van der Waals surface area contributed by atoms with Crippen molar-refractivity contribution in [3.8, 4) is 0 Å². The lowest BCUT2D eigenvalue weighted by Crippen LogP contribution is -2.48. The molecule has 4 saturated carbocycles. The van der Waals surface area contributed by atoms with Gasteiger partial charge in [0.1, 0.15) is 12.4 Å². The molecule has 172 valence electrons. The zero-order valence-corrected chi connectivity index (χ0v) is 18.8. The van der Waals surface area contributed by atoms with Crippen molar-refractivity contribution in [2.45, 2.75) is 89.9 Å². The third-order valence-electron chi connectivity index (χ3n) is 8.69. The lowest BCUT2D eigenvalue weighted by atomic mass is 9.72. The Labute approximate surface area is 184 Å². The van der Waals surface area contributed by atoms with E-state index in [0.29, 0.717) is 30.1 Å². The van der Waals surface area contributed by atoms with Crippen molar-refractivity contribution in [2.75, 3.05) is 0 Å². The molecule has 31 heavy (non-hydrogen) atoms. The molecule has 5 nitrogen and oxygen atoms in total. The van der Waals surface area contributed by atoms with Gasteiger partial charge in [-0.3, -0.25) is 14.8 Å². The second-order valence-corrected chi connectivity index (χ2v) is 11.2. The van der Waals surface area contributed by atoms with E-state index < -0.39 is 6.17 Å². The fourth-order valence-electron chi connectivity index (χ4n) is 6.61. The number of halogens is 1. The Morgan fingerprint density at radius 3 is 2.55 bits per heavy atom. The van der Waals surface area contributed by atoms with E-state index >= 15 is 0 Å². The molecule has 4 fully saturated rings. The quantitative estimate of drug-likeness (QED) is 0.658. The molecule has 0 bridgehead atoms. The molecule has 5 rings (SSSR count). The molecule has 2 N–H and O–H groups in total. The normalized spacial score (nSPS) is 37.4. The third kappa shape index (κ3) is 4.93. The van der Waals surface area contributed by atoms with Crippen LogP contribution in [-0.4, -0.2) is 22.7 Å². The van der Waals surface area contributed by atoms with Crippen molar-refractivity contribution in [3.05, 3.63) is 18.1 Å². The van der Waals surface area contributed by atoms with Gasteiger partial charge < -0.3 is 9.73 Å². The Hall–Kier alpha value is -1.59. The molecule has 0 aliphatic heterocycles. The lowest BCUT2D eigenvalue weighted by Gasteiger charge is -2.38. The highest BCUT2D eigenvalue weighted by atomic mass is 19.1. The van der Waals surface area contributed by atoms with Crippen LogP contribution in [0, 0.1) is 46.8 Å². The maximum atomic E-state index is 14.0. The van der Waals surface area contributed by atoms with Gasteiger partial charge in [-0.15, -0.1) is 0 Å². The molecule has 0 spiro atoms. The van der Waals surface area contributed by atoms with Crippen molar-refractivity contribution in [3.63, 3.8) is 0 Å². The van der Waals surface area contributed by atoms with E-state index in [0.717, 1.165) is 44.6 Å². The van der Waals surface area contributed by atoms with Crippen LogP contribution in [0.4, 0.5) is 4.39 Å². The first-order chi connectivity index (χ1) is 15.0. The number of amides is 1. The summed E-state index contributed by atoms with van der Waals surface area (Å²) in [5, 5.41) is 11.4. The van der Waals surface area contributed by atoms with Gasteiger partial charge in [0, 0.05) is 24.7 Å². The van der Waals surface area contributed by atoms with Crippen LogP contribution in [0.2, 0.25) is 0 Å². The molecule has 1 amide bonds. The predicted molar refractivity (Wildman–Crippen MR) is 116 cm³/mol. The van der Waals surface area contributed by atoms with E-state index in [2.05, 4.69) is 5.32 Å². The van der Waals surface area contributed by atoms with Gasteiger partial charge in [-0.1, -0.05) is 6.92 Å². The molecule has 1 heterocycles. The maximum Gasteiger partial charge on any atom is 0.293 e. The summed E-state index contributed by atoms with van der Waals surface area (Å²) in [6.45, 7) is 2.80. The molecule has 0 saturated heterocycles. The van der Waals surface area contributed by atoms with Crippen LogP contribution in [0.3, 0.4) is 0 Å². The molecule has 0 aromatic carbocycles. The number of nitrogens with zero attached hydrogens (tertiary/aromatic N) is 1. The van der Waals surface area contributed by atoms with Crippen LogP contribution in [0.1, 0.15) is 71.1 Å². The SMILES string of the molecule is CC1CC([C@@H](NC(=O)C2CC(Cn3ccoc3=N)CC(C3CC3)C2)C2CC2)CCC1F. The maximum absolute atomic E-state index is 14.0. The topological polar surface area (TPSA) is 71.0 Å². The van der Waals surface area contributed by atoms with Crippen LogP contribution in [0.5, 0.6) is 0 Å². The van der Waals surface area contributed by atoms with Gasteiger partial charge in [-0.25, -0.2) is 4.39 Å². The van der Waals surface area contributed by atoms with Gasteiger partial charge >= 0.3 is 0 Å². The Bertz CT molecular complexity index is 827. The Morgan fingerprint density at radius 2 is 1.90 bits per heavy atom. The van der Waals surface area contributed by atoms with Crippen LogP contribution < -0.4 is 11.0 Å². The van der Waals surface area contributed by atoms with Crippen LogP contribution in [0.25, 0.3) is 0 Å². The van der Waals surface area contributed by atoms with Crippen molar-refractivity contribution in [2.24, 2.45) is 41.4 Å². The molecule has 1 aromatic rings. The van der Waals surface area contributed by atoms with Gasteiger partial charge in [0.15, 0.2) is 0 Å². The summed E-state index contributed by atoms with van der Waals surface area (Å²) in [6, 6.07) is 0.241. The minimum Gasteiger partial charge on any atom is -0.432 e. The average Bonchev–Trinajstić information content (AvgIpc) is 3.67. The fraction of sp³-hybridized carbons (Fsp3) is 0.840. The van der Waals surface area contributed by atoms with E-state index in [4.69, 9.17) is 9.83 Å².